The SMILES string of the molecule is CCOC(=O)CCCCCCN(C1=CC=CCN1C)c1cc(-c2ccc(N)cc2)ccn1. The smallest absolute Gasteiger partial charge is 0.305 e. The third kappa shape index (κ3) is 6.61. The van der Waals surface area contributed by atoms with Crippen molar-refractivity contribution in [2.24, 2.45) is 0 Å². The van der Waals surface area contributed by atoms with E-state index < -0.39 is 0 Å². The Labute approximate surface area is 191 Å². The van der Waals surface area contributed by atoms with Crippen LogP contribution in [0.25, 0.3) is 11.1 Å². The zero-order chi connectivity index (χ0) is 22.8. The highest BCUT2D eigenvalue weighted by Crippen LogP contribution is 2.27. The number of rotatable bonds is 11. The highest BCUT2D eigenvalue weighted by molar-refractivity contribution is 5.69. The first-order valence-electron chi connectivity index (χ1n) is 11.4. The van der Waals surface area contributed by atoms with Gasteiger partial charge in [-0.3, -0.25) is 4.79 Å². The van der Waals surface area contributed by atoms with Gasteiger partial charge in [0.25, 0.3) is 0 Å². The van der Waals surface area contributed by atoms with Crippen molar-refractivity contribution in [1.82, 2.24) is 9.88 Å². The van der Waals surface area contributed by atoms with Crippen LogP contribution >= 0.6 is 0 Å². The number of nitrogens with two attached hydrogens (primary N) is 1. The van der Waals surface area contributed by atoms with Crippen molar-refractivity contribution < 1.29 is 9.53 Å². The lowest BCUT2D eigenvalue weighted by Crippen LogP contribution is -2.35. The van der Waals surface area contributed by atoms with E-state index in [0.717, 1.165) is 67.2 Å². The summed E-state index contributed by atoms with van der Waals surface area (Å²) in [6.07, 6.45) is 12.7. The number of hydrogen-bond acceptors (Lipinski definition) is 6. The van der Waals surface area contributed by atoms with E-state index in [2.05, 4.69) is 41.1 Å². The summed E-state index contributed by atoms with van der Waals surface area (Å²) in [5.74, 6) is 1.97. The van der Waals surface area contributed by atoms with Gasteiger partial charge in [-0.15, -0.1) is 0 Å². The topological polar surface area (TPSA) is 71.7 Å². The minimum Gasteiger partial charge on any atom is -0.466 e. The Kier molecular flexibility index (Phi) is 8.72. The number of nitrogens with zero attached hydrogens (tertiary/aromatic N) is 3. The average molecular weight is 435 g/mol. The number of esters is 1. The fourth-order valence-corrected chi connectivity index (χ4v) is 3.78. The number of likely N-dealkylation sites (N-methyl/N-ethyl adjacent to an activating group) is 1. The van der Waals surface area contributed by atoms with Crippen molar-refractivity contribution in [2.45, 2.75) is 39.0 Å². The monoisotopic (exact) mass is 434 g/mol. The number of pyridine rings is 1. The number of unbranched alkanes of at least 4 members (excludes halogenated alkanes) is 3. The molecule has 170 valence electrons. The Morgan fingerprint density at radius 1 is 1.12 bits per heavy atom. The molecule has 3 rings (SSSR count). The second-order valence-electron chi connectivity index (χ2n) is 7.98. The minimum absolute atomic E-state index is 0.0985. The quantitative estimate of drug-likeness (QED) is 0.305. The van der Waals surface area contributed by atoms with Crippen molar-refractivity contribution in [1.29, 1.82) is 0 Å². The molecule has 0 amide bonds. The maximum absolute atomic E-state index is 11.5. The van der Waals surface area contributed by atoms with Crippen molar-refractivity contribution >= 4 is 17.5 Å². The largest absolute Gasteiger partial charge is 0.466 e. The number of anilines is 2. The summed E-state index contributed by atoms with van der Waals surface area (Å²) in [7, 11) is 2.10. The number of hydrogen-bond donors (Lipinski definition) is 1. The molecule has 0 aliphatic carbocycles. The van der Waals surface area contributed by atoms with Crippen molar-refractivity contribution in [2.75, 3.05) is 37.4 Å². The molecule has 0 spiro atoms. The van der Waals surface area contributed by atoms with Crippen LogP contribution in [0.1, 0.15) is 39.0 Å². The Hall–Kier alpha value is -3.28. The van der Waals surface area contributed by atoms with Crippen molar-refractivity contribution in [3.63, 3.8) is 0 Å². The minimum atomic E-state index is -0.0985. The Morgan fingerprint density at radius 3 is 2.66 bits per heavy atom. The normalized spacial score (nSPS) is 13.1. The molecule has 1 aliphatic rings. The Balaban J connectivity index is 1.69. The molecule has 0 unspecified atom stereocenters. The molecule has 32 heavy (non-hydrogen) atoms. The first kappa shape index (κ1) is 23.4. The van der Waals surface area contributed by atoms with Gasteiger partial charge in [0.2, 0.25) is 0 Å². The first-order valence-corrected chi connectivity index (χ1v) is 11.4. The van der Waals surface area contributed by atoms with Gasteiger partial charge in [-0.1, -0.05) is 37.1 Å². The molecular weight excluding hydrogens is 400 g/mol. The predicted molar refractivity (Wildman–Crippen MR) is 131 cm³/mol. The summed E-state index contributed by atoms with van der Waals surface area (Å²) in [5.41, 5.74) is 8.84. The van der Waals surface area contributed by atoms with Gasteiger partial charge < -0.3 is 20.3 Å². The molecule has 0 radical (unpaired) electrons. The third-order valence-corrected chi connectivity index (χ3v) is 5.51. The van der Waals surface area contributed by atoms with E-state index in [0.29, 0.717) is 13.0 Å². The van der Waals surface area contributed by atoms with Crippen molar-refractivity contribution in [3.05, 3.63) is 66.6 Å². The van der Waals surface area contributed by atoms with Crippen LogP contribution in [0.3, 0.4) is 0 Å². The van der Waals surface area contributed by atoms with Crippen LogP contribution in [-0.4, -0.2) is 42.6 Å². The standard InChI is InChI=1S/C26H34N4O2/c1-3-32-26(31)11-6-4-5-8-19-30(25-10-7-9-18-29(25)2)24-20-22(16-17-28-24)21-12-14-23(27)15-13-21/h7,9-10,12-17,20H,3-6,8,11,18-19,27H2,1-2H3. The molecule has 1 aromatic carbocycles. The van der Waals surface area contributed by atoms with Crippen LogP contribution in [0.2, 0.25) is 0 Å². The molecule has 0 fully saturated rings. The number of benzene rings is 1. The van der Waals surface area contributed by atoms with Gasteiger partial charge in [-0.25, -0.2) is 4.98 Å². The molecule has 2 aromatic rings. The third-order valence-electron chi connectivity index (χ3n) is 5.51. The Bertz CT molecular complexity index is 937. The number of carbonyl (C=O) groups excluding carboxylic acids is 1. The maximum atomic E-state index is 11.5. The number of ether oxygens (including phenoxy) is 1. The van der Waals surface area contributed by atoms with Gasteiger partial charge in [0.15, 0.2) is 0 Å². The molecule has 2 N–H and O–H groups in total. The predicted octanol–water partition coefficient (Wildman–Crippen LogP) is 4.99. The molecule has 6 nitrogen and oxygen atoms in total. The summed E-state index contributed by atoms with van der Waals surface area (Å²) in [4.78, 5) is 20.7. The highest BCUT2D eigenvalue weighted by Gasteiger charge is 2.18. The van der Waals surface area contributed by atoms with Crippen LogP contribution < -0.4 is 10.6 Å². The van der Waals surface area contributed by atoms with Gasteiger partial charge in [-0.05, 0) is 61.2 Å². The second-order valence-corrected chi connectivity index (χ2v) is 7.98. The number of aromatic nitrogens is 1. The van der Waals surface area contributed by atoms with E-state index in [1.54, 1.807) is 0 Å². The van der Waals surface area contributed by atoms with Crippen LogP contribution in [0.4, 0.5) is 11.5 Å². The lowest BCUT2D eigenvalue weighted by atomic mass is 10.1. The number of allylic oxidation sites excluding steroid dienone is 2. The molecule has 1 aliphatic heterocycles. The van der Waals surface area contributed by atoms with Crippen LogP contribution in [0.5, 0.6) is 0 Å². The first-order chi connectivity index (χ1) is 15.6. The molecule has 0 bridgehead atoms. The van der Waals surface area contributed by atoms with E-state index >= 15 is 0 Å². The van der Waals surface area contributed by atoms with Crippen LogP contribution in [0.15, 0.2) is 66.6 Å². The summed E-state index contributed by atoms with van der Waals surface area (Å²) in [5, 5.41) is 0. The fourth-order valence-electron chi connectivity index (χ4n) is 3.78. The average Bonchev–Trinajstić information content (AvgIpc) is 2.80. The molecule has 6 heteroatoms. The van der Waals surface area contributed by atoms with Gasteiger partial charge in [-0.2, -0.15) is 0 Å². The van der Waals surface area contributed by atoms with Gasteiger partial charge in [0, 0.05) is 38.4 Å². The van der Waals surface area contributed by atoms with Gasteiger partial charge >= 0.3 is 5.97 Å². The Morgan fingerprint density at radius 2 is 1.91 bits per heavy atom. The summed E-state index contributed by atoms with van der Waals surface area (Å²) >= 11 is 0. The van der Waals surface area contributed by atoms with Crippen LogP contribution in [0, 0.1) is 0 Å². The lowest BCUT2D eigenvalue weighted by Gasteiger charge is -2.34. The van der Waals surface area contributed by atoms with E-state index in [4.69, 9.17) is 15.5 Å². The van der Waals surface area contributed by atoms with Crippen LogP contribution in [-0.2, 0) is 9.53 Å². The van der Waals surface area contributed by atoms with Crippen molar-refractivity contribution in [3.8, 4) is 11.1 Å². The van der Waals surface area contributed by atoms with E-state index in [1.807, 2.05) is 43.5 Å². The van der Waals surface area contributed by atoms with E-state index in [9.17, 15) is 4.79 Å². The van der Waals surface area contributed by atoms with Gasteiger partial charge in [0.05, 0.1) is 6.61 Å². The second kappa shape index (κ2) is 11.9. The molecule has 0 atom stereocenters. The maximum Gasteiger partial charge on any atom is 0.305 e. The molecule has 1 aromatic heterocycles. The summed E-state index contributed by atoms with van der Waals surface area (Å²) in [6, 6.07) is 12.1. The number of nitrogen functional groups attached to an aromatic ring is 1. The molecule has 0 saturated heterocycles. The zero-order valence-corrected chi connectivity index (χ0v) is 19.2. The molecule has 2 heterocycles. The lowest BCUT2D eigenvalue weighted by molar-refractivity contribution is -0.143. The zero-order valence-electron chi connectivity index (χ0n) is 19.2. The highest BCUT2D eigenvalue weighted by atomic mass is 16.5. The summed E-state index contributed by atoms with van der Waals surface area (Å²) < 4.78 is 5.01. The fraction of sp³-hybridized carbons (Fsp3) is 0.385. The molecular formula is C26H34N4O2. The molecule has 0 saturated carbocycles. The van der Waals surface area contributed by atoms with Gasteiger partial charge in [0.1, 0.15) is 11.6 Å². The van der Waals surface area contributed by atoms with E-state index in [1.165, 1.54) is 0 Å². The van der Waals surface area contributed by atoms with E-state index in [-0.39, 0.29) is 5.97 Å². The number of carbonyl (C=O) groups is 1. The summed E-state index contributed by atoms with van der Waals surface area (Å²) in [6.45, 7) is 4.03.